The van der Waals surface area contributed by atoms with Crippen molar-refractivity contribution in [2.45, 2.75) is 78.2 Å². The minimum absolute atomic E-state index is 1.10. The fourth-order valence-corrected chi connectivity index (χ4v) is 9.36. The molecule has 0 fully saturated rings. The Bertz CT molecular complexity index is 312. The number of nitrogens with zero attached hydrogens (tertiary/aromatic N) is 2. The van der Waals surface area contributed by atoms with Gasteiger partial charge in [0.25, 0.3) is 0 Å². The van der Waals surface area contributed by atoms with Crippen molar-refractivity contribution in [3.05, 3.63) is 0 Å². The standard InChI is InChI=1S/C19H46N2O2Si2/c1-9-20(10-2)17-18-21(25(11-3,12-4)13-5)16-14-15-19-24(8,22-6)23-7/h9-19H2,1-8H3. The average molecular weight is 391 g/mol. The van der Waals surface area contributed by atoms with Crippen LogP contribution in [0.3, 0.4) is 0 Å². The Kier molecular flexibility index (Phi) is 13.6. The molecule has 4 nitrogen and oxygen atoms in total. The van der Waals surface area contributed by atoms with Gasteiger partial charge in [0, 0.05) is 27.3 Å². The highest BCUT2D eigenvalue weighted by Gasteiger charge is 2.34. The van der Waals surface area contributed by atoms with Crippen LogP contribution in [0.25, 0.3) is 0 Å². The molecule has 0 aliphatic rings. The quantitative estimate of drug-likeness (QED) is 0.280. The Labute approximate surface area is 160 Å². The summed E-state index contributed by atoms with van der Waals surface area (Å²) in [6.07, 6.45) is 2.48. The highest BCUT2D eigenvalue weighted by molar-refractivity contribution is 6.77. The van der Waals surface area contributed by atoms with Gasteiger partial charge in [0.05, 0.1) is 0 Å². The SMILES string of the molecule is CCN(CC)CCN(CCCC[Si](C)(OC)OC)[Si](CC)(CC)CC. The Morgan fingerprint density at radius 1 is 0.720 bits per heavy atom. The average Bonchev–Trinajstić information content (AvgIpc) is 2.66. The second-order valence-corrected chi connectivity index (χ2v) is 16.1. The molecule has 0 unspecified atom stereocenters. The lowest BCUT2D eigenvalue weighted by molar-refractivity contribution is 0.246. The van der Waals surface area contributed by atoms with Gasteiger partial charge in [-0.15, -0.1) is 0 Å². The van der Waals surface area contributed by atoms with Crippen LogP contribution in [-0.2, 0) is 8.85 Å². The van der Waals surface area contributed by atoms with Gasteiger partial charge >= 0.3 is 8.56 Å². The Morgan fingerprint density at radius 2 is 1.24 bits per heavy atom. The van der Waals surface area contributed by atoms with Crippen molar-refractivity contribution in [3.8, 4) is 0 Å². The fraction of sp³-hybridized carbons (Fsp3) is 1.00. The lowest BCUT2D eigenvalue weighted by Gasteiger charge is -2.42. The third kappa shape index (κ3) is 8.22. The van der Waals surface area contributed by atoms with Crippen LogP contribution >= 0.6 is 0 Å². The van der Waals surface area contributed by atoms with Crippen LogP contribution in [-0.4, -0.2) is 73.2 Å². The van der Waals surface area contributed by atoms with E-state index < -0.39 is 16.8 Å². The van der Waals surface area contributed by atoms with E-state index in [0.29, 0.717) is 0 Å². The van der Waals surface area contributed by atoms with E-state index in [2.05, 4.69) is 50.6 Å². The normalized spacial score (nSPS) is 13.2. The van der Waals surface area contributed by atoms with Crippen LogP contribution < -0.4 is 0 Å². The molecule has 0 aromatic heterocycles. The van der Waals surface area contributed by atoms with Crippen molar-refractivity contribution in [2.75, 3.05) is 46.9 Å². The highest BCUT2D eigenvalue weighted by atomic mass is 28.4. The van der Waals surface area contributed by atoms with Crippen molar-refractivity contribution in [2.24, 2.45) is 0 Å². The van der Waals surface area contributed by atoms with Crippen LogP contribution in [0.1, 0.15) is 47.5 Å². The Morgan fingerprint density at radius 3 is 1.64 bits per heavy atom. The first-order valence-corrected chi connectivity index (χ1v) is 15.6. The Balaban J connectivity index is 4.78. The largest absolute Gasteiger partial charge is 0.398 e. The van der Waals surface area contributed by atoms with E-state index in [1.54, 1.807) is 14.2 Å². The lowest BCUT2D eigenvalue weighted by atomic mass is 10.3. The van der Waals surface area contributed by atoms with E-state index in [-0.39, 0.29) is 0 Å². The first-order chi connectivity index (χ1) is 11.9. The number of likely N-dealkylation sites (N-methyl/N-ethyl adjacent to an activating group) is 1. The first-order valence-electron chi connectivity index (χ1n) is 10.5. The lowest BCUT2D eigenvalue weighted by Crippen LogP contribution is -2.54. The zero-order valence-corrected chi connectivity index (χ0v) is 20.5. The molecule has 0 bridgehead atoms. The molecule has 0 spiro atoms. The van der Waals surface area contributed by atoms with E-state index in [4.69, 9.17) is 8.85 Å². The molecule has 0 rings (SSSR count). The molecule has 0 aromatic carbocycles. The maximum absolute atomic E-state index is 5.64. The van der Waals surface area contributed by atoms with Gasteiger partial charge in [-0.1, -0.05) is 41.0 Å². The molecule has 0 N–H and O–H groups in total. The summed E-state index contributed by atoms with van der Waals surface area (Å²) in [5.41, 5.74) is 0. The van der Waals surface area contributed by atoms with Crippen molar-refractivity contribution in [1.29, 1.82) is 0 Å². The minimum atomic E-state index is -1.90. The monoisotopic (exact) mass is 390 g/mol. The summed E-state index contributed by atoms with van der Waals surface area (Å²) in [5, 5.41) is 0. The maximum Gasteiger partial charge on any atom is 0.334 e. The maximum atomic E-state index is 5.64. The van der Waals surface area contributed by atoms with Crippen molar-refractivity contribution >= 4 is 16.8 Å². The number of rotatable bonds is 16. The van der Waals surface area contributed by atoms with Gasteiger partial charge in [-0.05, 0) is 56.8 Å². The van der Waals surface area contributed by atoms with Crippen LogP contribution in [0.5, 0.6) is 0 Å². The molecular weight excluding hydrogens is 344 g/mol. The summed E-state index contributed by atoms with van der Waals surface area (Å²) in [6.45, 7) is 20.0. The van der Waals surface area contributed by atoms with E-state index in [1.165, 1.54) is 50.6 Å². The number of hydrogen-bond donors (Lipinski definition) is 0. The third-order valence-electron chi connectivity index (χ3n) is 6.40. The third-order valence-corrected chi connectivity index (χ3v) is 15.1. The van der Waals surface area contributed by atoms with Crippen LogP contribution in [0.4, 0.5) is 0 Å². The number of hydrogen-bond acceptors (Lipinski definition) is 4. The van der Waals surface area contributed by atoms with E-state index >= 15 is 0 Å². The van der Waals surface area contributed by atoms with E-state index in [1.807, 2.05) is 0 Å². The van der Waals surface area contributed by atoms with Crippen molar-refractivity contribution in [1.82, 2.24) is 9.47 Å². The summed E-state index contributed by atoms with van der Waals surface area (Å²) >= 11 is 0. The molecule has 0 radical (unpaired) electrons. The molecule has 0 heterocycles. The van der Waals surface area contributed by atoms with Gasteiger partial charge in [-0.3, -0.25) is 0 Å². The molecule has 6 heteroatoms. The summed E-state index contributed by atoms with van der Waals surface area (Å²) < 4.78 is 14.2. The van der Waals surface area contributed by atoms with Gasteiger partial charge < -0.3 is 18.3 Å². The summed E-state index contributed by atoms with van der Waals surface area (Å²) in [6, 6.07) is 5.23. The Hall–Kier alpha value is 0.274. The fourth-order valence-electron chi connectivity index (χ4n) is 3.85. The van der Waals surface area contributed by atoms with Crippen molar-refractivity contribution in [3.63, 3.8) is 0 Å². The molecule has 0 saturated heterocycles. The van der Waals surface area contributed by atoms with Crippen LogP contribution in [0, 0.1) is 0 Å². The van der Waals surface area contributed by atoms with Crippen LogP contribution in [0.15, 0.2) is 0 Å². The first kappa shape index (κ1) is 25.3. The zero-order valence-electron chi connectivity index (χ0n) is 18.5. The smallest absolute Gasteiger partial charge is 0.334 e. The predicted octanol–water partition coefficient (Wildman–Crippen LogP) is 4.78. The van der Waals surface area contributed by atoms with Gasteiger partial charge in [0.2, 0.25) is 0 Å². The molecule has 0 saturated carbocycles. The second-order valence-electron chi connectivity index (χ2n) is 7.30. The van der Waals surface area contributed by atoms with Gasteiger partial charge in [-0.2, -0.15) is 0 Å². The number of unbranched alkanes of at least 4 members (excludes halogenated alkanes) is 1. The van der Waals surface area contributed by atoms with Gasteiger partial charge in [0.15, 0.2) is 0 Å². The van der Waals surface area contributed by atoms with E-state index in [9.17, 15) is 0 Å². The molecule has 25 heavy (non-hydrogen) atoms. The van der Waals surface area contributed by atoms with E-state index in [0.717, 1.165) is 19.1 Å². The molecular formula is C19H46N2O2Si2. The molecule has 0 atom stereocenters. The molecule has 0 aromatic rings. The predicted molar refractivity (Wildman–Crippen MR) is 116 cm³/mol. The molecule has 0 amide bonds. The topological polar surface area (TPSA) is 24.9 Å². The van der Waals surface area contributed by atoms with Gasteiger partial charge in [0.1, 0.15) is 8.24 Å². The summed E-state index contributed by atoms with van der Waals surface area (Å²) in [4.78, 5) is 2.56. The minimum Gasteiger partial charge on any atom is -0.398 e. The summed E-state index contributed by atoms with van der Waals surface area (Å²) in [7, 11) is 0.402. The van der Waals surface area contributed by atoms with Crippen LogP contribution in [0.2, 0.25) is 30.7 Å². The summed E-state index contributed by atoms with van der Waals surface area (Å²) in [5.74, 6) is 0. The van der Waals surface area contributed by atoms with Gasteiger partial charge in [-0.25, -0.2) is 0 Å². The molecule has 0 aliphatic carbocycles. The highest BCUT2D eigenvalue weighted by Crippen LogP contribution is 2.26. The second kappa shape index (κ2) is 13.4. The zero-order chi connectivity index (χ0) is 19.3. The van der Waals surface area contributed by atoms with Crippen molar-refractivity contribution < 1.29 is 8.85 Å². The molecule has 152 valence electrons. The molecule has 0 aliphatic heterocycles.